The van der Waals surface area contributed by atoms with Gasteiger partial charge in [-0.1, -0.05) is 90.5 Å². The normalized spacial score (nSPS) is 12.6. The third kappa shape index (κ3) is 16.2. The maximum Gasteiger partial charge on any atom is 0.191 e. The first-order chi connectivity index (χ1) is 13.3. The van der Waals surface area contributed by atoms with Gasteiger partial charge in [-0.2, -0.15) is 0 Å². The van der Waals surface area contributed by atoms with E-state index in [-0.39, 0.29) is 0 Å². The molecule has 0 atom stereocenters. The molecule has 0 aliphatic carbocycles. The number of hydrogen-bond donors (Lipinski definition) is 0. The molecule has 0 rings (SSSR count). The molecule has 2 heteroatoms. The van der Waals surface area contributed by atoms with Crippen LogP contribution in [0.2, 0.25) is 18.1 Å². The molecule has 0 aromatic carbocycles. The summed E-state index contributed by atoms with van der Waals surface area (Å²) in [5.74, 6) is 0. The average Bonchev–Trinajstić information content (AvgIpc) is 2.62. The zero-order valence-corrected chi connectivity index (χ0v) is 20.9. The number of rotatable bonds is 16. The lowest BCUT2D eigenvalue weighted by Crippen LogP contribution is -2.40. The van der Waals surface area contributed by atoms with E-state index >= 15 is 0 Å². The highest BCUT2D eigenvalue weighted by Crippen LogP contribution is 2.36. The molecule has 0 bridgehead atoms. The molecule has 0 fully saturated rings. The van der Waals surface area contributed by atoms with Crippen LogP contribution in [0.1, 0.15) is 98.3 Å². The minimum Gasteiger partial charge on any atom is -0.416 e. The summed E-state index contributed by atoms with van der Waals surface area (Å²) in [6, 6.07) is 0. The van der Waals surface area contributed by atoms with Crippen LogP contribution in [0.25, 0.3) is 0 Å². The van der Waals surface area contributed by atoms with E-state index in [2.05, 4.69) is 83.0 Å². The van der Waals surface area contributed by atoms with Crippen LogP contribution in [0.5, 0.6) is 0 Å². The van der Waals surface area contributed by atoms with Crippen LogP contribution in [-0.2, 0) is 4.43 Å². The monoisotopic (exact) mass is 404 g/mol. The molecule has 28 heavy (non-hydrogen) atoms. The highest BCUT2D eigenvalue weighted by Gasteiger charge is 2.36. The van der Waals surface area contributed by atoms with Crippen molar-refractivity contribution in [2.24, 2.45) is 0 Å². The average molecular weight is 405 g/mol. The molecule has 0 N–H and O–H groups in total. The van der Waals surface area contributed by atoms with Crippen molar-refractivity contribution in [3.8, 4) is 0 Å². The Labute approximate surface area is 178 Å². The number of allylic oxidation sites excluding steroid dienone is 4. The first kappa shape index (κ1) is 27.2. The first-order valence-corrected chi connectivity index (χ1v) is 14.6. The molecular formula is C26H48OSi. The molecule has 0 radical (unpaired) electrons. The maximum absolute atomic E-state index is 6.15. The second-order valence-corrected chi connectivity index (χ2v) is 14.1. The third-order valence-corrected chi connectivity index (χ3v) is 10.1. The van der Waals surface area contributed by atoms with E-state index in [0.717, 1.165) is 25.9 Å². The highest BCUT2D eigenvalue weighted by molar-refractivity contribution is 6.74. The summed E-state index contributed by atoms with van der Waals surface area (Å²) in [5.41, 5.74) is 3.27. The van der Waals surface area contributed by atoms with E-state index in [0.29, 0.717) is 5.04 Å². The summed E-state index contributed by atoms with van der Waals surface area (Å²) in [7, 11) is -1.59. The summed E-state index contributed by atoms with van der Waals surface area (Å²) in [6.45, 7) is 14.6. The van der Waals surface area contributed by atoms with Crippen molar-refractivity contribution in [1.29, 1.82) is 0 Å². The molecule has 0 unspecified atom stereocenters. The molecule has 0 aliphatic heterocycles. The Hall–Kier alpha value is -0.823. The summed E-state index contributed by atoms with van der Waals surface area (Å²) in [4.78, 5) is 0. The SMILES string of the molecule is CCCCCCCCC/C=C\C/C=C\CC=C=CCCO[Si](C)(C)C(C)(C)C. The van der Waals surface area contributed by atoms with Crippen LogP contribution >= 0.6 is 0 Å². The van der Waals surface area contributed by atoms with E-state index in [1.807, 2.05) is 0 Å². The Kier molecular flexibility index (Phi) is 16.6. The topological polar surface area (TPSA) is 9.23 Å². The van der Waals surface area contributed by atoms with Crippen LogP contribution in [-0.4, -0.2) is 14.9 Å². The zero-order valence-electron chi connectivity index (χ0n) is 19.9. The molecule has 0 spiro atoms. The molecule has 0 saturated heterocycles. The van der Waals surface area contributed by atoms with Gasteiger partial charge in [-0.25, -0.2) is 0 Å². The molecule has 162 valence electrons. The van der Waals surface area contributed by atoms with Crippen molar-refractivity contribution >= 4 is 8.32 Å². The molecule has 1 nitrogen and oxygen atoms in total. The van der Waals surface area contributed by atoms with Crippen molar-refractivity contribution in [3.63, 3.8) is 0 Å². The largest absolute Gasteiger partial charge is 0.416 e. The Bertz CT molecular complexity index is 473. The van der Waals surface area contributed by atoms with E-state index in [1.54, 1.807) is 0 Å². The van der Waals surface area contributed by atoms with Gasteiger partial charge in [0.05, 0.1) is 0 Å². The van der Waals surface area contributed by atoms with Gasteiger partial charge in [0.2, 0.25) is 0 Å². The first-order valence-electron chi connectivity index (χ1n) is 11.6. The van der Waals surface area contributed by atoms with Crippen LogP contribution in [0.3, 0.4) is 0 Å². The second kappa shape index (κ2) is 17.1. The molecule has 0 saturated carbocycles. The lowest BCUT2D eigenvalue weighted by atomic mass is 10.1. The van der Waals surface area contributed by atoms with Crippen LogP contribution in [0, 0.1) is 0 Å². The molecule has 0 aromatic rings. The molecule has 0 aromatic heterocycles. The maximum atomic E-state index is 6.15. The quantitative estimate of drug-likeness (QED) is 0.108. The minimum absolute atomic E-state index is 0.292. The molecule has 0 heterocycles. The van der Waals surface area contributed by atoms with Gasteiger partial charge in [-0.3, -0.25) is 0 Å². The van der Waals surface area contributed by atoms with Crippen molar-refractivity contribution < 1.29 is 4.43 Å². The Morgan fingerprint density at radius 3 is 2.04 bits per heavy atom. The number of hydrogen-bond acceptors (Lipinski definition) is 1. The third-order valence-electron chi connectivity index (χ3n) is 5.60. The summed E-state index contributed by atoms with van der Waals surface area (Å²) in [5, 5.41) is 0.292. The van der Waals surface area contributed by atoms with Gasteiger partial charge < -0.3 is 4.43 Å². The Morgan fingerprint density at radius 1 is 0.750 bits per heavy atom. The summed E-state index contributed by atoms with van der Waals surface area (Å²) >= 11 is 0. The fourth-order valence-electron chi connectivity index (χ4n) is 2.60. The lowest BCUT2D eigenvalue weighted by Gasteiger charge is -2.36. The fourth-order valence-corrected chi connectivity index (χ4v) is 3.66. The molecule has 0 aliphatic rings. The van der Waals surface area contributed by atoms with Crippen molar-refractivity contribution in [2.75, 3.05) is 6.61 Å². The highest BCUT2D eigenvalue weighted by atomic mass is 28.4. The van der Waals surface area contributed by atoms with Gasteiger partial charge in [0.25, 0.3) is 0 Å². The zero-order chi connectivity index (χ0) is 21.1. The van der Waals surface area contributed by atoms with Gasteiger partial charge in [0.15, 0.2) is 8.32 Å². The predicted octanol–water partition coefficient (Wildman–Crippen LogP) is 9.14. The van der Waals surface area contributed by atoms with Crippen molar-refractivity contribution in [3.05, 3.63) is 42.2 Å². The van der Waals surface area contributed by atoms with Crippen LogP contribution in [0.15, 0.2) is 42.2 Å². The van der Waals surface area contributed by atoms with E-state index in [9.17, 15) is 0 Å². The smallest absolute Gasteiger partial charge is 0.191 e. The van der Waals surface area contributed by atoms with Crippen molar-refractivity contribution in [2.45, 2.75) is 116 Å². The number of unbranched alkanes of at least 4 members (excludes halogenated alkanes) is 7. The summed E-state index contributed by atoms with van der Waals surface area (Å²) in [6.07, 6.45) is 27.3. The fraction of sp³-hybridized carbons (Fsp3) is 0.731. The standard InChI is InChI=1S/C26H48OSi/c1-7-8-9-10-11-12-13-14-15-16-17-18-19-20-21-22-23-24-25-27-28(5,6)26(2,3)4/h15-16,18-19,21,23H,7-14,17,20,24-25H2,1-6H3/b16-15-,19-18-. The predicted molar refractivity (Wildman–Crippen MR) is 131 cm³/mol. The van der Waals surface area contributed by atoms with Crippen LogP contribution < -0.4 is 0 Å². The minimum atomic E-state index is -1.59. The molecular weight excluding hydrogens is 356 g/mol. The molecule has 0 amide bonds. The van der Waals surface area contributed by atoms with Gasteiger partial charge in [-0.05, 0) is 62.4 Å². The van der Waals surface area contributed by atoms with Gasteiger partial charge in [-0.15, -0.1) is 5.73 Å². The second-order valence-electron chi connectivity index (χ2n) is 9.30. The Balaban J connectivity index is 3.61. The van der Waals surface area contributed by atoms with Crippen LogP contribution in [0.4, 0.5) is 0 Å². The Morgan fingerprint density at radius 2 is 1.36 bits per heavy atom. The van der Waals surface area contributed by atoms with E-state index < -0.39 is 8.32 Å². The van der Waals surface area contributed by atoms with Crippen molar-refractivity contribution in [1.82, 2.24) is 0 Å². The van der Waals surface area contributed by atoms with E-state index in [1.165, 1.54) is 51.4 Å². The van der Waals surface area contributed by atoms with E-state index in [4.69, 9.17) is 4.43 Å². The van der Waals surface area contributed by atoms with Gasteiger partial charge >= 0.3 is 0 Å². The lowest BCUT2D eigenvalue weighted by molar-refractivity contribution is 0.294. The summed E-state index contributed by atoms with van der Waals surface area (Å²) < 4.78 is 6.15. The van der Waals surface area contributed by atoms with Gasteiger partial charge in [0, 0.05) is 6.61 Å². The van der Waals surface area contributed by atoms with Gasteiger partial charge in [0.1, 0.15) is 0 Å².